The van der Waals surface area contributed by atoms with Crippen LogP contribution in [0.25, 0.3) is 10.9 Å². The Kier molecular flexibility index (Phi) is 7.01. The summed E-state index contributed by atoms with van der Waals surface area (Å²) in [6.07, 6.45) is 1.69. The highest BCUT2D eigenvalue weighted by atomic mass is 35.5. The highest BCUT2D eigenvalue weighted by Gasteiger charge is 2.48. The lowest BCUT2D eigenvalue weighted by molar-refractivity contribution is -0.137. The number of likely N-dealkylation sites (tertiary alicyclic amines) is 1. The van der Waals surface area contributed by atoms with Gasteiger partial charge in [-0.2, -0.15) is 0 Å². The molecule has 0 radical (unpaired) electrons. The highest BCUT2D eigenvalue weighted by Crippen LogP contribution is 2.50. The lowest BCUT2D eigenvalue weighted by atomic mass is 9.68. The van der Waals surface area contributed by atoms with Crippen LogP contribution in [0.5, 0.6) is 5.75 Å². The van der Waals surface area contributed by atoms with Crippen molar-refractivity contribution in [1.82, 2.24) is 14.4 Å². The van der Waals surface area contributed by atoms with Gasteiger partial charge < -0.3 is 24.0 Å². The predicted molar refractivity (Wildman–Crippen MR) is 141 cm³/mol. The summed E-state index contributed by atoms with van der Waals surface area (Å²) in [5.41, 5.74) is 4.42. The lowest BCUT2D eigenvalue weighted by Crippen LogP contribution is -2.54. The molecule has 1 atom stereocenters. The molecule has 0 unspecified atom stereocenters. The van der Waals surface area contributed by atoms with Crippen molar-refractivity contribution in [2.45, 2.75) is 30.8 Å². The number of benzene rings is 2. The molecule has 1 amide bonds. The number of aryl methyl sites for hydroxylation is 1. The third-order valence-corrected chi connectivity index (χ3v) is 8.46. The summed E-state index contributed by atoms with van der Waals surface area (Å²) < 4.78 is 12.9. The number of nitrogens with zero attached hydrogens (tertiary/aromatic N) is 3. The fraction of sp³-hybridized carbons (Fsp3) is 0.464. The standard InChI is InChI=1S/C28H34ClN3O4/c1-30-23-14-20(36-3)8-9-21(23)26-27(30)24(16-33)32(15-19-6-4-5-7-22(19)29)18-28(26)10-12-31(13-11-28)25(34)17-35-2/h4-9,14,24,33H,10-13,15-18H2,1-3H3/t24-/m0/s1. The maximum atomic E-state index is 12.6. The lowest BCUT2D eigenvalue weighted by Gasteiger charge is -2.50. The second kappa shape index (κ2) is 10.1. The average molecular weight is 512 g/mol. The van der Waals surface area contributed by atoms with Crippen molar-refractivity contribution >= 4 is 28.4 Å². The van der Waals surface area contributed by atoms with E-state index >= 15 is 0 Å². The van der Waals surface area contributed by atoms with Crippen LogP contribution in [0.3, 0.4) is 0 Å². The van der Waals surface area contributed by atoms with E-state index in [1.165, 1.54) is 10.9 Å². The number of hydrogen-bond donors (Lipinski definition) is 1. The molecular formula is C28H34ClN3O4. The van der Waals surface area contributed by atoms with Gasteiger partial charge in [-0.15, -0.1) is 0 Å². The van der Waals surface area contributed by atoms with Crippen LogP contribution in [0, 0.1) is 0 Å². The number of aromatic nitrogens is 1. The fourth-order valence-electron chi connectivity index (χ4n) is 6.28. The SMILES string of the molecule is COCC(=O)N1CCC2(CC1)CN(Cc1ccccc1Cl)[C@@H](CO)c1c2c2ccc(OC)cc2n1C. The van der Waals surface area contributed by atoms with Gasteiger partial charge in [-0.05, 0) is 42.2 Å². The summed E-state index contributed by atoms with van der Waals surface area (Å²) in [5.74, 6) is 0.843. The Morgan fingerprint density at radius 2 is 1.92 bits per heavy atom. The van der Waals surface area contributed by atoms with Crippen molar-refractivity contribution in [1.29, 1.82) is 0 Å². The van der Waals surface area contributed by atoms with Crippen molar-refractivity contribution in [2.24, 2.45) is 7.05 Å². The maximum absolute atomic E-state index is 12.6. The number of hydrogen-bond acceptors (Lipinski definition) is 5. The molecule has 3 aromatic rings. The zero-order valence-electron chi connectivity index (χ0n) is 21.2. The van der Waals surface area contributed by atoms with Gasteiger partial charge >= 0.3 is 0 Å². The molecule has 1 fully saturated rings. The van der Waals surface area contributed by atoms with E-state index < -0.39 is 0 Å². The molecule has 1 aromatic heterocycles. The first-order valence-corrected chi connectivity index (χ1v) is 12.8. The topological polar surface area (TPSA) is 67.2 Å². The van der Waals surface area contributed by atoms with E-state index in [2.05, 4.69) is 34.7 Å². The molecule has 1 spiro atoms. The summed E-state index contributed by atoms with van der Waals surface area (Å²) >= 11 is 6.56. The van der Waals surface area contributed by atoms with Crippen LogP contribution >= 0.6 is 11.6 Å². The number of fused-ring (bicyclic) bond motifs is 4. The Hall–Kier alpha value is -2.58. The zero-order chi connectivity index (χ0) is 25.4. The average Bonchev–Trinajstić information content (AvgIpc) is 3.19. The van der Waals surface area contributed by atoms with Crippen LogP contribution in [0.1, 0.15) is 35.7 Å². The van der Waals surface area contributed by atoms with Gasteiger partial charge in [0.15, 0.2) is 0 Å². The molecule has 36 heavy (non-hydrogen) atoms. The van der Waals surface area contributed by atoms with Crippen molar-refractivity contribution in [2.75, 3.05) is 47.1 Å². The number of ether oxygens (including phenoxy) is 2. The van der Waals surface area contributed by atoms with Crippen molar-refractivity contribution < 1.29 is 19.4 Å². The minimum absolute atomic E-state index is 0.00722. The fourth-order valence-corrected chi connectivity index (χ4v) is 6.48. The molecule has 3 heterocycles. The molecule has 7 nitrogen and oxygen atoms in total. The van der Waals surface area contributed by atoms with E-state index in [0.29, 0.717) is 19.6 Å². The maximum Gasteiger partial charge on any atom is 0.248 e. The number of halogens is 1. The second-order valence-electron chi connectivity index (χ2n) is 9.99. The molecule has 0 saturated carbocycles. The summed E-state index contributed by atoms with van der Waals surface area (Å²) in [7, 11) is 5.32. The van der Waals surface area contributed by atoms with Crippen LogP contribution in [0.15, 0.2) is 42.5 Å². The Balaban J connectivity index is 1.62. The number of piperidine rings is 1. The highest BCUT2D eigenvalue weighted by molar-refractivity contribution is 6.31. The van der Waals surface area contributed by atoms with Gasteiger partial charge in [-0.25, -0.2) is 0 Å². The summed E-state index contributed by atoms with van der Waals surface area (Å²) in [5, 5.41) is 12.6. The minimum atomic E-state index is -0.168. The molecule has 1 N–H and O–H groups in total. The molecule has 2 aliphatic rings. The quantitative estimate of drug-likeness (QED) is 0.544. The first-order valence-electron chi connectivity index (χ1n) is 12.4. The van der Waals surface area contributed by atoms with Crippen molar-refractivity contribution in [3.8, 4) is 5.75 Å². The normalized spacial score (nSPS) is 19.6. The smallest absolute Gasteiger partial charge is 0.248 e. The molecule has 2 aliphatic heterocycles. The van der Waals surface area contributed by atoms with E-state index in [0.717, 1.165) is 46.9 Å². The molecule has 1 saturated heterocycles. The van der Waals surface area contributed by atoms with Crippen LogP contribution < -0.4 is 4.74 Å². The second-order valence-corrected chi connectivity index (χ2v) is 10.4. The molecule has 0 bridgehead atoms. The van der Waals surface area contributed by atoms with E-state index in [1.54, 1.807) is 14.2 Å². The van der Waals surface area contributed by atoms with Gasteiger partial charge in [0, 0.05) is 67.9 Å². The van der Waals surface area contributed by atoms with Crippen LogP contribution in [-0.4, -0.2) is 72.4 Å². The van der Waals surface area contributed by atoms with Crippen molar-refractivity contribution in [3.05, 3.63) is 64.3 Å². The Labute approximate surface area is 217 Å². The summed E-state index contributed by atoms with van der Waals surface area (Å²) in [4.78, 5) is 16.9. The van der Waals surface area contributed by atoms with Gasteiger partial charge in [0.1, 0.15) is 12.4 Å². The van der Waals surface area contributed by atoms with Crippen LogP contribution in [0.2, 0.25) is 5.02 Å². The predicted octanol–water partition coefficient (Wildman–Crippen LogP) is 3.90. The molecule has 8 heteroatoms. The number of carbonyl (C=O) groups excluding carboxylic acids is 1. The largest absolute Gasteiger partial charge is 0.497 e. The van der Waals surface area contributed by atoms with Crippen LogP contribution in [-0.2, 0) is 28.5 Å². The van der Waals surface area contributed by atoms with E-state index in [4.69, 9.17) is 21.1 Å². The monoisotopic (exact) mass is 511 g/mol. The van der Waals surface area contributed by atoms with E-state index in [-0.39, 0.29) is 30.6 Å². The Morgan fingerprint density at radius 3 is 2.58 bits per heavy atom. The first kappa shape index (κ1) is 25.1. The molecule has 0 aliphatic carbocycles. The zero-order valence-corrected chi connectivity index (χ0v) is 21.9. The van der Waals surface area contributed by atoms with Crippen molar-refractivity contribution in [3.63, 3.8) is 0 Å². The Bertz CT molecular complexity index is 1270. The number of aliphatic hydroxyl groups is 1. The summed E-state index contributed by atoms with van der Waals surface area (Å²) in [6.45, 7) is 2.90. The molecule has 192 valence electrons. The minimum Gasteiger partial charge on any atom is -0.497 e. The Morgan fingerprint density at radius 1 is 1.17 bits per heavy atom. The molecule has 5 rings (SSSR count). The number of amides is 1. The van der Waals surface area contributed by atoms with E-state index in [1.807, 2.05) is 29.2 Å². The molecule has 2 aromatic carbocycles. The van der Waals surface area contributed by atoms with E-state index in [9.17, 15) is 9.90 Å². The molecular weight excluding hydrogens is 478 g/mol. The van der Waals surface area contributed by atoms with Gasteiger partial charge in [-0.3, -0.25) is 9.69 Å². The third kappa shape index (κ3) is 4.18. The first-order chi connectivity index (χ1) is 17.4. The van der Waals surface area contributed by atoms with Gasteiger partial charge in [0.2, 0.25) is 5.91 Å². The summed E-state index contributed by atoms with van der Waals surface area (Å²) in [6, 6.07) is 14.0. The van der Waals surface area contributed by atoms with Gasteiger partial charge in [-0.1, -0.05) is 29.8 Å². The van der Waals surface area contributed by atoms with Gasteiger partial charge in [0.05, 0.1) is 25.3 Å². The van der Waals surface area contributed by atoms with Crippen LogP contribution in [0.4, 0.5) is 0 Å². The number of rotatable bonds is 6. The number of aliphatic hydroxyl groups excluding tert-OH is 1. The van der Waals surface area contributed by atoms with Gasteiger partial charge in [0.25, 0.3) is 0 Å². The third-order valence-electron chi connectivity index (χ3n) is 8.09. The number of methoxy groups -OCH3 is 2. The number of carbonyl (C=O) groups is 1.